The van der Waals surface area contributed by atoms with Gasteiger partial charge in [0.15, 0.2) is 0 Å². The third kappa shape index (κ3) is 30.3. The van der Waals surface area contributed by atoms with Crippen LogP contribution in [0.4, 0.5) is 4.39 Å². The minimum Gasteiger partial charge on any atom is -0.497 e. The van der Waals surface area contributed by atoms with Crippen LogP contribution < -0.4 is 57.9 Å². The van der Waals surface area contributed by atoms with E-state index in [1.807, 2.05) is 51.9 Å². The second-order valence-electron chi connectivity index (χ2n) is 35.7. The Hall–Kier alpha value is -11.4. The maximum Gasteiger partial charge on any atom is 0.303 e. The number of carbonyl (C=O) groups excluding carboxylic acids is 12. The summed E-state index contributed by atoms with van der Waals surface area (Å²) < 4.78 is 41.1. The fraction of sp³-hybridized carbons (Fsp3) is 0.582. The molecule has 718 valence electrons. The topological polar surface area (TPSA) is 434 Å². The molecule has 0 aliphatic carbocycles. The highest BCUT2D eigenvalue weighted by Gasteiger charge is 2.55. The molecule has 1 aromatic heterocycles. The number of aliphatic carboxylic acids is 1. The van der Waals surface area contributed by atoms with E-state index in [0.717, 1.165) is 68.1 Å². The molecule has 0 radical (unpaired) electrons. The lowest BCUT2D eigenvalue weighted by Crippen LogP contribution is -2.65. The average Bonchev–Trinajstić information content (AvgIpc) is 1.53. The van der Waals surface area contributed by atoms with Crippen molar-refractivity contribution in [2.24, 2.45) is 0 Å². The molecular formula is C98H135FN14O19. The summed E-state index contributed by atoms with van der Waals surface area (Å²) in [5, 5.41) is 49.4. The lowest BCUT2D eigenvalue weighted by atomic mass is 9.83. The number of hydrogen-bond acceptors (Lipinski definition) is 19. The fourth-order valence-corrected chi connectivity index (χ4v) is 18.3. The number of unbranched alkanes of at least 4 members (excludes halogenated alkanes) is 13. The Kier molecular flexibility index (Phi) is 39.6. The van der Waals surface area contributed by atoms with Crippen LogP contribution in [-0.2, 0) is 122 Å². The van der Waals surface area contributed by atoms with Crippen molar-refractivity contribution in [1.29, 1.82) is 0 Å². The molecule has 4 aromatic carbocycles. The zero-order valence-electron chi connectivity index (χ0n) is 76.6. The van der Waals surface area contributed by atoms with Crippen LogP contribution in [0, 0.1) is 5.82 Å². The minimum atomic E-state index is -1.73. The van der Waals surface area contributed by atoms with Crippen molar-refractivity contribution in [2.75, 3.05) is 79.4 Å². The zero-order valence-corrected chi connectivity index (χ0v) is 76.6. The molecule has 0 saturated carbocycles. The Labute approximate surface area is 771 Å². The van der Waals surface area contributed by atoms with Crippen molar-refractivity contribution in [2.45, 2.75) is 286 Å². The number of aliphatic hydroxyl groups excluding tert-OH is 1. The third-order valence-corrected chi connectivity index (χ3v) is 25.6. The molecule has 14 bridgehead atoms. The van der Waals surface area contributed by atoms with Gasteiger partial charge in [-0.05, 0) is 141 Å². The van der Waals surface area contributed by atoms with Crippen molar-refractivity contribution in [1.82, 2.24) is 72.4 Å². The molecule has 12 amide bonds. The SMILES string of the molecule is COc1ccc(C[C@@H]2NC(=O)[C@H]([C@@H](C)O)NC(=O)[C@@H]3[C@@H]4CCN3C(=O)[C@@H]3Cc5cn(c6ccc(F)cc56)CCCCCCN(Cc5ccc(cc5)CCNC(=O)[C@@]56C=C2N5CCC6)C(=O)CCC(=O)N[C@@H](C)C(=O)N[C@H](CNC(=O)CCOCCOCCNC(=O)CCCCCCCCCCCCCCCCC(=O)O)C(=O)N[C@@H](Cc2cccc(c2)CNC(=O)CO4)C(=O)N3)cc1. The van der Waals surface area contributed by atoms with E-state index in [4.69, 9.17) is 24.1 Å². The Morgan fingerprint density at radius 3 is 1.98 bits per heavy atom. The normalized spacial score (nSPS) is 22.9. The molecule has 0 unspecified atom stereocenters. The van der Waals surface area contributed by atoms with Gasteiger partial charge in [0.1, 0.15) is 60.0 Å². The molecule has 7 aliphatic heterocycles. The Balaban J connectivity index is 0.844. The quantitative estimate of drug-likeness (QED) is 0.0204. The average molecular weight is 1830 g/mol. The van der Waals surface area contributed by atoms with Gasteiger partial charge in [0.25, 0.3) is 0 Å². The highest BCUT2D eigenvalue weighted by molar-refractivity contribution is 5.99. The number of aryl methyl sites for hydroxylation is 1. The van der Waals surface area contributed by atoms with Crippen LogP contribution in [0.5, 0.6) is 5.75 Å². The summed E-state index contributed by atoms with van der Waals surface area (Å²) in [6, 6.07) is 15.2. The molecule has 12 N–H and O–H groups in total. The number of carboxylic acid groups (broad SMARTS) is 1. The van der Waals surface area contributed by atoms with Gasteiger partial charge in [0, 0.05) is 127 Å². The van der Waals surface area contributed by atoms with E-state index in [-0.39, 0.29) is 122 Å². The van der Waals surface area contributed by atoms with Crippen molar-refractivity contribution in [3.63, 3.8) is 0 Å². The number of aliphatic hydroxyl groups is 1. The first kappa shape index (κ1) is 101. The van der Waals surface area contributed by atoms with Crippen LogP contribution >= 0.6 is 0 Å². The highest BCUT2D eigenvalue weighted by Crippen LogP contribution is 2.45. The van der Waals surface area contributed by atoms with E-state index in [1.165, 1.54) is 76.5 Å². The van der Waals surface area contributed by atoms with Crippen LogP contribution in [0.25, 0.3) is 10.9 Å². The third-order valence-electron chi connectivity index (χ3n) is 25.6. The second kappa shape index (κ2) is 51.6. The number of hydrogen-bond donors (Lipinski definition) is 12. The van der Waals surface area contributed by atoms with Crippen molar-refractivity contribution in [3.05, 3.63) is 148 Å². The van der Waals surface area contributed by atoms with Crippen molar-refractivity contribution < 1.29 is 95.9 Å². The number of nitrogens with one attached hydrogen (secondary N) is 10. The van der Waals surface area contributed by atoms with Gasteiger partial charge < -0.3 is 102 Å². The van der Waals surface area contributed by atoms with Gasteiger partial charge in [-0.3, -0.25) is 62.3 Å². The first-order valence-corrected chi connectivity index (χ1v) is 47.5. The van der Waals surface area contributed by atoms with Gasteiger partial charge in [0.2, 0.25) is 70.9 Å². The van der Waals surface area contributed by atoms with E-state index < -0.39 is 138 Å². The number of aromatic nitrogens is 1. The van der Waals surface area contributed by atoms with Gasteiger partial charge in [-0.25, -0.2) is 4.39 Å². The predicted molar refractivity (Wildman–Crippen MR) is 490 cm³/mol. The molecule has 132 heavy (non-hydrogen) atoms. The number of methoxy groups -OCH3 is 1. The van der Waals surface area contributed by atoms with Crippen LogP contribution in [0.2, 0.25) is 0 Å². The summed E-state index contributed by atoms with van der Waals surface area (Å²) in [6.07, 6.45) is 19.2. The van der Waals surface area contributed by atoms with E-state index in [0.29, 0.717) is 117 Å². The number of carboxylic acids is 1. The molecule has 1 spiro atoms. The fourth-order valence-electron chi connectivity index (χ4n) is 18.3. The molecule has 33 nitrogen and oxygen atoms in total. The Bertz CT molecular complexity index is 4780. The number of rotatable bonds is 32. The molecule has 2 saturated heterocycles. The lowest BCUT2D eigenvalue weighted by Gasteiger charge is -2.49. The number of nitrogens with zero attached hydrogens (tertiary/aromatic N) is 4. The molecule has 8 heterocycles. The zero-order chi connectivity index (χ0) is 93.9. The predicted octanol–water partition coefficient (Wildman–Crippen LogP) is 6.51. The van der Waals surface area contributed by atoms with E-state index >= 15 is 28.4 Å². The second-order valence-corrected chi connectivity index (χ2v) is 35.7. The summed E-state index contributed by atoms with van der Waals surface area (Å²) >= 11 is 0. The summed E-state index contributed by atoms with van der Waals surface area (Å²) in [5.41, 5.74) is 3.97. The molecule has 34 heteroatoms. The van der Waals surface area contributed by atoms with Crippen LogP contribution in [-0.4, -0.2) is 246 Å². The Morgan fingerprint density at radius 1 is 0.598 bits per heavy atom. The van der Waals surface area contributed by atoms with Crippen LogP contribution in [0.1, 0.15) is 214 Å². The summed E-state index contributed by atoms with van der Waals surface area (Å²) in [5.74, 6) is -8.91. The number of halogens is 1. The number of ether oxygens (including phenoxy) is 4. The lowest BCUT2D eigenvalue weighted by molar-refractivity contribution is -0.146. The van der Waals surface area contributed by atoms with Crippen molar-refractivity contribution in [3.8, 4) is 5.75 Å². The largest absolute Gasteiger partial charge is 0.497 e. The number of benzene rings is 4. The van der Waals surface area contributed by atoms with Crippen LogP contribution in [0.3, 0.4) is 0 Å². The Morgan fingerprint density at radius 2 is 1.27 bits per heavy atom. The standard InChI is InChI=1S/C98H135FN14O19/c1-65-91(122)108-79(61-103-84(116)42-50-130-52-53-131-51-45-100-83(115)26-18-14-12-10-8-6-4-5-7-9-11-13-15-19-27-88(120)121)93(124)106-77-56-70-24-22-25-71(54-70)60-102-86(118)64-132-82-41-49-112-90(82)95(126)109-89(66(2)114)94(125)105-76(55-68-32-35-74(129-3)36-33-68)81-59-98(43-23-48-113(81)98)97(128)101-44-40-67-28-30-69(31-29-67)62-111(87(119)39-38-85(117)104-65)47-21-17-16-20-46-110-63-72(57-78(96(112)127)107-92(77)123)75-58-73(99)34-37-80(75)110/h22,24-25,28-37,54,58-59,63,65-66,76-79,82,89-90,114H,4-21,23,26-27,38-53,55-57,60-62,64H2,1-3H3,(H,100,115)(H,101,128)(H,102,118)(H,103,116)(H,104,117)(H,105,125)(H,106,124)(H,107,123)(H,108,122)(H,109,126)(H,120,121)/t65-,66+,76-,77-,78-,79+,82-,89-,90-,98+/m0/s1. The van der Waals surface area contributed by atoms with Gasteiger partial charge >= 0.3 is 5.97 Å². The molecule has 7 aliphatic rings. The number of amides is 12. The molecule has 12 rings (SSSR count). The molecule has 5 aromatic rings. The molecule has 10 atom stereocenters. The number of carbonyl (C=O) groups is 13. The monoisotopic (exact) mass is 1830 g/mol. The molecule has 2 fully saturated rings. The van der Waals surface area contributed by atoms with E-state index in [1.54, 1.807) is 53.6 Å². The van der Waals surface area contributed by atoms with Crippen LogP contribution in [0.15, 0.2) is 109 Å². The minimum absolute atomic E-state index is 0.0594. The smallest absolute Gasteiger partial charge is 0.303 e. The van der Waals surface area contributed by atoms with Gasteiger partial charge in [-0.1, -0.05) is 151 Å². The highest BCUT2D eigenvalue weighted by atomic mass is 19.1. The van der Waals surface area contributed by atoms with Gasteiger partial charge in [-0.15, -0.1) is 0 Å². The van der Waals surface area contributed by atoms with E-state index in [9.17, 15) is 43.5 Å². The first-order valence-electron chi connectivity index (χ1n) is 47.5. The summed E-state index contributed by atoms with van der Waals surface area (Å²) in [7, 11) is 1.54. The van der Waals surface area contributed by atoms with Gasteiger partial charge in [-0.2, -0.15) is 0 Å². The molecular weight excluding hydrogens is 1700 g/mol. The maximum absolute atomic E-state index is 16.4. The van der Waals surface area contributed by atoms with Gasteiger partial charge in [0.05, 0.1) is 51.8 Å². The van der Waals surface area contributed by atoms with Crippen molar-refractivity contribution >= 4 is 87.8 Å². The number of fused-ring (bicyclic) bond motifs is 15. The van der Waals surface area contributed by atoms with E-state index in [2.05, 4.69) is 53.2 Å². The summed E-state index contributed by atoms with van der Waals surface area (Å²) in [6.45, 7) is 3.41. The first-order chi connectivity index (χ1) is 63.8. The summed E-state index contributed by atoms with van der Waals surface area (Å²) in [4.78, 5) is 192. The maximum atomic E-state index is 16.4.